The zero-order chi connectivity index (χ0) is 23.8. The minimum atomic E-state index is -0.406. The van der Waals surface area contributed by atoms with Crippen LogP contribution in [0, 0.1) is 23.7 Å². The average molecular weight is 453 g/mol. The lowest BCUT2D eigenvalue weighted by Crippen LogP contribution is -2.37. The normalized spacial score (nSPS) is 34.0. The van der Waals surface area contributed by atoms with Crippen molar-refractivity contribution in [2.75, 3.05) is 26.2 Å². The molecule has 2 heterocycles. The number of fused-ring (bicyclic) bond motifs is 2. The summed E-state index contributed by atoms with van der Waals surface area (Å²) in [5.41, 5.74) is 11.2. The summed E-state index contributed by atoms with van der Waals surface area (Å²) in [7, 11) is 0. The minimum Gasteiger partial charge on any atom is -0.444 e. The number of carbonyl (C=O) groups excluding carboxylic acids is 2. The summed E-state index contributed by atoms with van der Waals surface area (Å²) in [6, 6.07) is 0.551. The van der Waals surface area contributed by atoms with Gasteiger partial charge in [-0.3, -0.25) is 0 Å². The summed E-state index contributed by atoms with van der Waals surface area (Å²) in [5, 5.41) is 0. The molecular weight excluding hydrogens is 408 g/mol. The first-order valence-electron chi connectivity index (χ1n) is 12.2. The highest BCUT2D eigenvalue weighted by Gasteiger charge is 2.44. The predicted molar refractivity (Wildman–Crippen MR) is 124 cm³/mol. The second-order valence-electron chi connectivity index (χ2n) is 12.1. The Morgan fingerprint density at radius 2 is 1.00 bits per heavy atom. The average Bonchev–Trinajstić information content (AvgIpc) is 3.37. The van der Waals surface area contributed by atoms with Crippen molar-refractivity contribution >= 4 is 12.2 Å². The Kier molecular flexibility index (Phi) is 7.35. The quantitative estimate of drug-likeness (QED) is 0.584. The van der Waals surface area contributed by atoms with Crippen molar-refractivity contribution < 1.29 is 19.1 Å². The van der Waals surface area contributed by atoms with Crippen LogP contribution in [-0.4, -0.2) is 71.5 Å². The first-order chi connectivity index (χ1) is 14.7. The maximum Gasteiger partial charge on any atom is 0.410 e. The lowest BCUT2D eigenvalue weighted by atomic mass is 9.98. The molecule has 0 spiro atoms. The number of likely N-dealkylation sites (tertiary alicyclic amines) is 2. The number of carbonyl (C=O) groups is 2. The SMILES string of the molecule is CC(C)(C)OC(=O)N1C[C@@H]2CC[C@H](N)[C@@H]2C1.CC(C)(C)OC(=O)N1C[C@H]2CC[C@@H](N)[C@H]2C1. The van der Waals surface area contributed by atoms with Crippen LogP contribution < -0.4 is 11.5 Å². The summed E-state index contributed by atoms with van der Waals surface area (Å²) in [6.45, 7) is 14.6. The molecule has 8 nitrogen and oxygen atoms in total. The van der Waals surface area contributed by atoms with Crippen molar-refractivity contribution in [2.45, 2.75) is 90.5 Å². The summed E-state index contributed by atoms with van der Waals surface area (Å²) in [6.07, 6.45) is 4.16. The Bertz CT molecular complexity index is 628. The van der Waals surface area contributed by atoms with Crippen molar-refractivity contribution in [2.24, 2.45) is 35.1 Å². The second-order valence-corrected chi connectivity index (χ2v) is 12.1. The molecule has 184 valence electrons. The molecule has 0 bridgehead atoms. The van der Waals surface area contributed by atoms with E-state index in [1.807, 2.05) is 51.3 Å². The zero-order valence-electron chi connectivity index (χ0n) is 20.8. The van der Waals surface area contributed by atoms with Crippen molar-refractivity contribution in [3.05, 3.63) is 0 Å². The Morgan fingerprint density at radius 1 is 0.656 bits per heavy atom. The number of amides is 2. The second kappa shape index (κ2) is 9.37. The van der Waals surface area contributed by atoms with Crippen molar-refractivity contribution in [1.82, 2.24) is 9.80 Å². The van der Waals surface area contributed by atoms with E-state index in [9.17, 15) is 9.59 Å². The highest BCUT2D eigenvalue weighted by Crippen LogP contribution is 2.38. The molecule has 2 aliphatic heterocycles. The van der Waals surface area contributed by atoms with Gasteiger partial charge >= 0.3 is 12.2 Å². The predicted octanol–water partition coefficient (Wildman–Crippen LogP) is 3.18. The summed E-state index contributed by atoms with van der Waals surface area (Å²) in [5.74, 6) is 2.19. The molecule has 0 unspecified atom stereocenters. The van der Waals surface area contributed by atoms with E-state index in [4.69, 9.17) is 20.9 Å². The van der Waals surface area contributed by atoms with Gasteiger partial charge in [-0.15, -0.1) is 0 Å². The van der Waals surface area contributed by atoms with E-state index < -0.39 is 11.2 Å². The third-order valence-corrected chi connectivity index (χ3v) is 7.13. The van der Waals surface area contributed by atoms with Crippen molar-refractivity contribution in [3.8, 4) is 0 Å². The maximum absolute atomic E-state index is 11.9. The van der Waals surface area contributed by atoms with Crippen molar-refractivity contribution in [3.63, 3.8) is 0 Å². The van der Waals surface area contributed by atoms with Crippen LogP contribution in [0.1, 0.15) is 67.2 Å². The van der Waals surface area contributed by atoms with Gasteiger partial charge in [-0.25, -0.2) is 9.59 Å². The molecule has 4 aliphatic rings. The molecule has 4 fully saturated rings. The van der Waals surface area contributed by atoms with E-state index in [-0.39, 0.29) is 24.3 Å². The van der Waals surface area contributed by atoms with E-state index in [1.165, 1.54) is 0 Å². The Morgan fingerprint density at radius 3 is 1.28 bits per heavy atom. The molecule has 6 atom stereocenters. The summed E-state index contributed by atoms with van der Waals surface area (Å²) in [4.78, 5) is 27.4. The first kappa shape index (κ1) is 25.1. The molecule has 0 aromatic heterocycles. The van der Waals surface area contributed by atoms with Gasteiger partial charge in [0, 0.05) is 38.3 Å². The molecule has 2 saturated carbocycles. The van der Waals surface area contributed by atoms with Crippen LogP contribution in [0.15, 0.2) is 0 Å². The summed E-state index contributed by atoms with van der Waals surface area (Å²) < 4.78 is 10.7. The molecule has 2 saturated heterocycles. The molecule has 0 aromatic carbocycles. The monoisotopic (exact) mass is 452 g/mol. The lowest BCUT2D eigenvalue weighted by molar-refractivity contribution is 0.0269. The molecule has 0 radical (unpaired) electrons. The van der Waals surface area contributed by atoms with Gasteiger partial charge in [0.05, 0.1) is 0 Å². The number of rotatable bonds is 0. The topological polar surface area (TPSA) is 111 Å². The molecule has 32 heavy (non-hydrogen) atoms. The van der Waals surface area contributed by atoms with E-state index in [0.717, 1.165) is 51.9 Å². The van der Waals surface area contributed by atoms with Crippen LogP contribution >= 0.6 is 0 Å². The molecule has 8 heteroatoms. The standard InChI is InChI=1S/2C12H22N2O2/c2*1-12(2,3)16-11(15)14-6-8-4-5-10(13)9(8)7-14/h2*8-10H,4-7,13H2,1-3H3/t2*8-,9+,10-/m10/s1. The molecular formula is C24H44N4O4. The van der Waals surface area contributed by atoms with Gasteiger partial charge in [-0.1, -0.05) is 0 Å². The fraction of sp³-hybridized carbons (Fsp3) is 0.917. The van der Waals surface area contributed by atoms with Gasteiger partial charge in [0.2, 0.25) is 0 Å². The summed E-state index contributed by atoms with van der Waals surface area (Å²) >= 11 is 0. The van der Waals surface area contributed by atoms with Gasteiger partial charge in [0.25, 0.3) is 0 Å². The van der Waals surface area contributed by atoms with Gasteiger partial charge in [-0.05, 0) is 90.9 Å². The molecule has 2 amide bonds. The Balaban J connectivity index is 0.000000181. The van der Waals surface area contributed by atoms with E-state index in [1.54, 1.807) is 0 Å². The van der Waals surface area contributed by atoms with Gasteiger partial charge in [-0.2, -0.15) is 0 Å². The molecule has 0 aromatic rings. The third kappa shape index (κ3) is 6.28. The van der Waals surface area contributed by atoms with Crippen LogP contribution in [0.2, 0.25) is 0 Å². The van der Waals surface area contributed by atoms with Crippen LogP contribution in [-0.2, 0) is 9.47 Å². The maximum atomic E-state index is 11.9. The fourth-order valence-electron chi connectivity index (χ4n) is 5.57. The highest BCUT2D eigenvalue weighted by molar-refractivity contribution is 5.69. The number of nitrogens with two attached hydrogens (primary N) is 2. The van der Waals surface area contributed by atoms with Gasteiger partial charge < -0.3 is 30.7 Å². The smallest absolute Gasteiger partial charge is 0.410 e. The molecule has 4 rings (SSSR count). The number of ether oxygens (including phenoxy) is 2. The molecule has 2 aliphatic carbocycles. The van der Waals surface area contributed by atoms with E-state index in [2.05, 4.69) is 0 Å². The van der Waals surface area contributed by atoms with Gasteiger partial charge in [0.1, 0.15) is 11.2 Å². The van der Waals surface area contributed by atoms with Crippen LogP contribution in [0.4, 0.5) is 9.59 Å². The van der Waals surface area contributed by atoms with Crippen molar-refractivity contribution in [1.29, 1.82) is 0 Å². The zero-order valence-corrected chi connectivity index (χ0v) is 20.8. The Labute approximate surface area is 193 Å². The molecule has 4 N–H and O–H groups in total. The highest BCUT2D eigenvalue weighted by atomic mass is 16.6. The van der Waals surface area contributed by atoms with Crippen LogP contribution in [0.3, 0.4) is 0 Å². The van der Waals surface area contributed by atoms with Crippen LogP contribution in [0.25, 0.3) is 0 Å². The Hall–Kier alpha value is -1.54. The largest absolute Gasteiger partial charge is 0.444 e. The third-order valence-electron chi connectivity index (χ3n) is 7.13. The van der Waals surface area contributed by atoms with Crippen LogP contribution in [0.5, 0.6) is 0 Å². The fourth-order valence-corrected chi connectivity index (χ4v) is 5.57. The number of hydrogen-bond donors (Lipinski definition) is 2. The minimum absolute atomic E-state index is 0.186. The van der Waals surface area contributed by atoms with E-state index >= 15 is 0 Å². The first-order valence-corrected chi connectivity index (χ1v) is 12.2. The number of hydrogen-bond acceptors (Lipinski definition) is 6. The lowest BCUT2D eigenvalue weighted by Gasteiger charge is -2.25. The van der Waals surface area contributed by atoms with E-state index in [0.29, 0.717) is 23.7 Å². The number of nitrogens with zero attached hydrogens (tertiary/aromatic N) is 2. The van der Waals surface area contributed by atoms with Gasteiger partial charge in [0.15, 0.2) is 0 Å².